The van der Waals surface area contributed by atoms with Gasteiger partial charge in [-0.3, -0.25) is 4.72 Å². The molecule has 1 heterocycles. The molecular weight excluding hydrogens is 436 g/mol. The van der Waals surface area contributed by atoms with E-state index in [1.54, 1.807) is 0 Å². The lowest BCUT2D eigenvalue weighted by molar-refractivity contribution is 0.403. The summed E-state index contributed by atoms with van der Waals surface area (Å²) in [7, 11) is -6.20. The van der Waals surface area contributed by atoms with Gasteiger partial charge in [-0.05, 0) is 55.3 Å². The van der Waals surface area contributed by atoms with E-state index in [9.17, 15) is 16.8 Å². The molecule has 0 unspecified atom stereocenters. The number of nitrogens with one attached hydrogen (secondary N) is 1. The number of rotatable bonds is 6. The Morgan fingerprint density at radius 3 is 2.14 bits per heavy atom. The summed E-state index contributed by atoms with van der Waals surface area (Å²) in [6, 6.07) is 9.97. The minimum absolute atomic E-state index is 0.103. The van der Waals surface area contributed by atoms with E-state index in [0.717, 1.165) is 25.7 Å². The number of nitrogens with zero attached hydrogens (tertiary/aromatic N) is 1. The average Bonchev–Trinajstić information content (AvgIpc) is 2.98. The summed E-state index contributed by atoms with van der Waals surface area (Å²) >= 11 is 5.92. The highest BCUT2D eigenvalue weighted by Crippen LogP contribution is 2.29. The normalized spacial score (nSPS) is 16.2. The van der Waals surface area contributed by atoms with Crippen molar-refractivity contribution in [3.8, 4) is 5.75 Å². The molecule has 158 valence electrons. The maximum atomic E-state index is 12.8. The predicted molar refractivity (Wildman–Crippen MR) is 112 cm³/mol. The Bertz CT molecular complexity index is 1060. The Balaban J connectivity index is 1.83. The van der Waals surface area contributed by atoms with Crippen molar-refractivity contribution in [2.45, 2.75) is 35.5 Å². The van der Waals surface area contributed by atoms with Gasteiger partial charge in [-0.15, -0.1) is 0 Å². The van der Waals surface area contributed by atoms with Crippen LogP contribution in [0, 0.1) is 0 Å². The molecule has 1 fully saturated rings. The van der Waals surface area contributed by atoms with Gasteiger partial charge in [0, 0.05) is 23.8 Å². The summed E-state index contributed by atoms with van der Waals surface area (Å²) in [5, 5.41) is 0.255. The molecule has 29 heavy (non-hydrogen) atoms. The number of benzene rings is 2. The lowest BCUT2D eigenvalue weighted by Crippen LogP contribution is -2.31. The van der Waals surface area contributed by atoms with Gasteiger partial charge >= 0.3 is 0 Å². The number of anilines is 1. The molecule has 3 rings (SSSR count). The van der Waals surface area contributed by atoms with Gasteiger partial charge < -0.3 is 4.74 Å². The summed E-state index contributed by atoms with van der Waals surface area (Å²) in [5.41, 5.74) is 0.238. The van der Waals surface area contributed by atoms with Crippen molar-refractivity contribution in [1.29, 1.82) is 0 Å². The van der Waals surface area contributed by atoms with Crippen molar-refractivity contribution >= 4 is 37.3 Å². The molecule has 0 spiro atoms. The standard InChI is InChI=1S/C19H23ClN2O5S2/c1-27-18-11-6-15(20)14-19(18)28(23,24)21-16-7-9-17(10-8-16)29(25,26)22-12-4-2-3-5-13-22/h6-11,14,21H,2-5,12-13H2,1H3. The lowest BCUT2D eigenvalue weighted by atomic mass is 10.2. The molecular formula is C19H23ClN2O5S2. The van der Waals surface area contributed by atoms with Gasteiger partial charge in [0.1, 0.15) is 10.6 Å². The number of hydrogen-bond acceptors (Lipinski definition) is 5. The SMILES string of the molecule is COc1ccc(Cl)cc1S(=O)(=O)Nc1ccc(S(=O)(=O)N2CCCCCC2)cc1. The van der Waals surface area contributed by atoms with Crippen LogP contribution in [0.25, 0.3) is 0 Å². The van der Waals surface area contributed by atoms with E-state index in [0.29, 0.717) is 13.1 Å². The number of methoxy groups -OCH3 is 1. The van der Waals surface area contributed by atoms with Crippen LogP contribution in [0.5, 0.6) is 5.75 Å². The van der Waals surface area contributed by atoms with Crippen molar-refractivity contribution in [3.63, 3.8) is 0 Å². The van der Waals surface area contributed by atoms with Crippen LogP contribution < -0.4 is 9.46 Å². The monoisotopic (exact) mass is 458 g/mol. The Kier molecular flexibility index (Phi) is 6.72. The Morgan fingerprint density at radius 1 is 0.931 bits per heavy atom. The summed E-state index contributed by atoms with van der Waals surface area (Å²) in [5.74, 6) is 0.155. The van der Waals surface area contributed by atoms with Gasteiger partial charge in [0.05, 0.1) is 12.0 Å². The van der Waals surface area contributed by atoms with Crippen molar-refractivity contribution in [2.75, 3.05) is 24.9 Å². The van der Waals surface area contributed by atoms with Crippen LogP contribution in [0.1, 0.15) is 25.7 Å². The van der Waals surface area contributed by atoms with E-state index in [4.69, 9.17) is 16.3 Å². The van der Waals surface area contributed by atoms with Crippen LogP contribution >= 0.6 is 11.6 Å². The third-order valence-electron chi connectivity index (χ3n) is 4.72. The molecule has 1 aliphatic rings. The fraction of sp³-hybridized carbons (Fsp3) is 0.368. The molecule has 1 N–H and O–H groups in total. The van der Waals surface area contributed by atoms with Gasteiger partial charge in [0.2, 0.25) is 10.0 Å². The first-order valence-corrected chi connectivity index (χ1v) is 12.5. The van der Waals surface area contributed by atoms with E-state index >= 15 is 0 Å². The first-order chi connectivity index (χ1) is 13.7. The van der Waals surface area contributed by atoms with Crippen molar-refractivity contribution in [3.05, 3.63) is 47.5 Å². The zero-order chi connectivity index (χ0) is 21.1. The number of ether oxygens (including phenoxy) is 1. The van der Waals surface area contributed by atoms with E-state index in [1.807, 2.05) is 0 Å². The molecule has 0 amide bonds. The molecule has 2 aromatic carbocycles. The second-order valence-electron chi connectivity index (χ2n) is 6.74. The maximum Gasteiger partial charge on any atom is 0.265 e. The van der Waals surface area contributed by atoms with Crippen LogP contribution in [-0.2, 0) is 20.0 Å². The van der Waals surface area contributed by atoms with E-state index in [2.05, 4.69) is 4.72 Å². The molecule has 10 heteroatoms. The van der Waals surface area contributed by atoms with E-state index in [1.165, 1.54) is 53.9 Å². The van der Waals surface area contributed by atoms with Gasteiger partial charge in [-0.25, -0.2) is 16.8 Å². The minimum Gasteiger partial charge on any atom is -0.495 e. The molecule has 7 nitrogen and oxygen atoms in total. The second kappa shape index (κ2) is 8.91. The fourth-order valence-corrected chi connectivity index (χ4v) is 6.21. The molecule has 2 aromatic rings. The zero-order valence-corrected chi connectivity index (χ0v) is 18.4. The van der Waals surface area contributed by atoms with Gasteiger partial charge in [-0.1, -0.05) is 24.4 Å². The summed E-state index contributed by atoms with van der Waals surface area (Å²) < 4.78 is 60.1. The summed E-state index contributed by atoms with van der Waals surface area (Å²) in [6.07, 6.45) is 3.75. The Hall–Kier alpha value is -1.81. The summed E-state index contributed by atoms with van der Waals surface area (Å²) in [6.45, 7) is 1.01. The van der Waals surface area contributed by atoms with Crippen LogP contribution in [0.4, 0.5) is 5.69 Å². The summed E-state index contributed by atoms with van der Waals surface area (Å²) in [4.78, 5) is 0.0384. The highest BCUT2D eigenvalue weighted by atomic mass is 35.5. The maximum absolute atomic E-state index is 12.8. The first-order valence-electron chi connectivity index (χ1n) is 9.20. The molecule has 0 aromatic heterocycles. The predicted octanol–water partition coefficient (Wildman–Crippen LogP) is 3.71. The fourth-order valence-electron chi connectivity index (χ4n) is 3.20. The third kappa shape index (κ3) is 5.03. The Labute approximate surface area is 176 Å². The second-order valence-corrected chi connectivity index (χ2v) is 10.8. The average molecular weight is 459 g/mol. The van der Waals surface area contributed by atoms with Crippen LogP contribution in [0.15, 0.2) is 52.3 Å². The highest BCUT2D eigenvalue weighted by Gasteiger charge is 2.25. The van der Waals surface area contributed by atoms with Gasteiger partial charge in [-0.2, -0.15) is 4.31 Å². The zero-order valence-electron chi connectivity index (χ0n) is 16.0. The number of sulfonamides is 2. The van der Waals surface area contributed by atoms with Crippen LogP contribution in [0.2, 0.25) is 5.02 Å². The van der Waals surface area contributed by atoms with Crippen molar-refractivity contribution in [1.82, 2.24) is 4.31 Å². The highest BCUT2D eigenvalue weighted by molar-refractivity contribution is 7.92. The van der Waals surface area contributed by atoms with Gasteiger partial charge in [0.15, 0.2) is 0 Å². The van der Waals surface area contributed by atoms with Crippen molar-refractivity contribution in [2.24, 2.45) is 0 Å². The van der Waals surface area contributed by atoms with Crippen LogP contribution in [0.3, 0.4) is 0 Å². The molecule has 0 aliphatic carbocycles. The van der Waals surface area contributed by atoms with E-state index < -0.39 is 20.0 Å². The van der Waals surface area contributed by atoms with Crippen LogP contribution in [-0.4, -0.2) is 41.3 Å². The number of halogens is 1. The lowest BCUT2D eigenvalue weighted by Gasteiger charge is -2.20. The molecule has 1 saturated heterocycles. The quantitative estimate of drug-likeness (QED) is 0.712. The molecule has 0 atom stereocenters. The van der Waals surface area contributed by atoms with Gasteiger partial charge in [0.25, 0.3) is 10.0 Å². The largest absolute Gasteiger partial charge is 0.495 e. The molecule has 1 aliphatic heterocycles. The molecule has 0 bridgehead atoms. The molecule has 0 radical (unpaired) electrons. The minimum atomic E-state index is -3.97. The first kappa shape index (κ1) is 21.9. The van der Waals surface area contributed by atoms with Crippen molar-refractivity contribution < 1.29 is 21.6 Å². The third-order valence-corrected chi connectivity index (χ3v) is 8.27. The van der Waals surface area contributed by atoms with E-state index in [-0.39, 0.29) is 26.3 Å². The topological polar surface area (TPSA) is 92.8 Å². The molecule has 0 saturated carbocycles. The Morgan fingerprint density at radius 2 is 1.55 bits per heavy atom. The number of hydrogen-bond donors (Lipinski definition) is 1. The smallest absolute Gasteiger partial charge is 0.265 e.